The maximum Gasteiger partial charge on any atom is 0.338 e. The molecule has 9 nitrogen and oxygen atoms in total. The van der Waals surface area contributed by atoms with Gasteiger partial charge in [-0.1, -0.05) is 54.6 Å². The molecule has 0 amide bonds. The van der Waals surface area contributed by atoms with Gasteiger partial charge in [-0.15, -0.1) is 0 Å². The first kappa shape index (κ1) is 26.8. The molecule has 0 aliphatic carbocycles. The molecule has 38 heavy (non-hydrogen) atoms. The first-order valence-corrected chi connectivity index (χ1v) is 12.0. The van der Waals surface area contributed by atoms with Crippen molar-refractivity contribution in [2.45, 2.75) is 30.6 Å². The minimum absolute atomic E-state index is 0.204. The third-order valence-electron chi connectivity index (χ3n) is 5.73. The molecule has 10 heteroatoms. The number of aliphatic imine (C=N–C) groups is 1. The Bertz CT molecular complexity index is 1300. The van der Waals surface area contributed by atoms with E-state index in [0.29, 0.717) is 0 Å². The largest absolute Gasteiger partial charge is 0.452 e. The summed E-state index contributed by atoms with van der Waals surface area (Å²) in [5.41, 5.74) is 0.637. The lowest BCUT2D eigenvalue weighted by Gasteiger charge is -2.42. The van der Waals surface area contributed by atoms with Gasteiger partial charge >= 0.3 is 17.9 Å². The van der Waals surface area contributed by atoms with Crippen LogP contribution in [0.2, 0.25) is 0 Å². The molecule has 1 fully saturated rings. The average Bonchev–Trinajstić information content (AvgIpc) is 2.97. The van der Waals surface area contributed by atoms with E-state index >= 15 is 0 Å². The fourth-order valence-corrected chi connectivity index (χ4v) is 4.00. The predicted molar refractivity (Wildman–Crippen MR) is 138 cm³/mol. The number of thiocarbonyl (C=S) groups is 1. The molecule has 0 spiro atoms. The number of hydrogen-bond donors (Lipinski definition) is 1. The Balaban J connectivity index is 1.72. The normalized spacial score (nSPS) is 22.4. The summed E-state index contributed by atoms with van der Waals surface area (Å²) in [4.78, 5) is 43.0. The standard InChI is InChI=1S/C28H23NO8S/c30-16-21-22(35-26(31)18-10-4-1-5-11-18)23(36-27(32)19-12-6-2-7-13-19)24(25(34-21)29-17-38)37-28(33)20-14-8-3-9-15-20/h1-15,21-25,30H,16H2/t21-,22-,23+,24-,25-/m1/s1. The van der Waals surface area contributed by atoms with Crippen molar-refractivity contribution in [3.63, 3.8) is 0 Å². The van der Waals surface area contributed by atoms with E-state index in [2.05, 4.69) is 10.2 Å². The summed E-state index contributed by atoms with van der Waals surface area (Å²) >= 11 is 4.74. The van der Waals surface area contributed by atoms with Gasteiger partial charge in [-0.25, -0.2) is 14.4 Å². The number of nitrogens with zero attached hydrogens (tertiary/aromatic N) is 1. The van der Waals surface area contributed by atoms with Crippen molar-refractivity contribution >= 4 is 35.3 Å². The zero-order valence-electron chi connectivity index (χ0n) is 19.9. The molecule has 1 heterocycles. The van der Waals surface area contributed by atoms with Crippen molar-refractivity contribution in [3.8, 4) is 0 Å². The number of carbonyl (C=O) groups is 3. The summed E-state index contributed by atoms with van der Waals surface area (Å²) in [6.45, 7) is -0.630. The lowest BCUT2D eigenvalue weighted by Crippen LogP contribution is -2.61. The Morgan fingerprint density at radius 3 is 1.50 bits per heavy atom. The van der Waals surface area contributed by atoms with Gasteiger partial charge in [-0.3, -0.25) is 0 Å². The molecule has 0 bridgehead atoms. The van der Waals surface area contributed by atoms with Crippen molar-refractivity contribution < 1.29 is 38.4 Å². The molecule has 1 N–H and O–H groups in total. The number of esters is 3. The third-order valence-corrected chi connectivity index (χ3v) is 5.83. The number of hydrogen-bond acceptors (Lipinski definition) is 10. The van der Waals surface area contributed by atoms with Gasteiger partial charge in [-0.2, -0.15) is 4.99 Å². The monoisotopic (exact) mass is 533 g/mol. The number of rotatable bonds is 8. The van der Waals surface area contributed by atoms with E-state index in [-0.39, 0.29) is 16.7 Å². The first-order chi connectivity index (χ1) is 18.5. The van der Waals surface area contributed by atoms with Crippen LogP contribution in [-0.2, 0) is 18.9 Å². The number of aliphatic hydroxyl groups is 1. The zero-order chi connectivity index (χ0) is 26.9. The molecule has 3 aromatic carbocycles. The van der Waals surface area contributed by atoms with Crippen molar-refractivity contribution in [3.05, 3.63) is 108 Å². The summed E-state index contributed by atoms with van der Waals surface area (Å²) in [5.74, 6) is -2.30. The molecule has 0 unspecified atom stereocenters. The zero-order valence-corrected chi connectivity index (χ0v) is 20.7. The lowest BCUT2D eigenvalue weighted by atomic mass is 9.97. The fraction of sp³-hybridized carbons (Fsp3) is 0.214. The number of aliphatic hydroxyl groups excluding tert-OH is 1. The molecule has 1 saturated heterocycles. The fourth-order valence-electron chi connectivity index (χ4n) is 3.90. The molecule has 3 aromatic rings. The van der Waals surface area contributed by atoms with Gasteiger partial charge in [0.15, 0.2) is 24.5 Å². The summed E-state index contributed by atoms with van der Waals surface area (Å²) < 4.78 is 23.0. The van der Waals surface area contributed by atoms with E-state index in [0.717, 1.165) is 0 Å². The summed E-state index contributed by atoms with van der Waals surface area (Å²) in [6.07, 6.45) is -6.70. The Morgan fingerprint density at radius 1 is 0.711 bits per heavy atom. The smallest absolute Gasteiger partial charge is 0.338 e. The van der Waals surface area contributed by atoms with Crippen LogP contribution in [0.3, 0.4) is 0 Å². The molecule has 0 radical (unpaired) electrons. The molecular formula is C28H23NO8S. The molecule has 5 atom stereocenters. The summed E-state index contributed by atoms with van der Waals surface area (Å²) in [6, 6.07) is 24.3. The van der Waals surface area contributed by atoms with Gasteiger partial charge in [0, 0.05) is 0 Å². The van der Waals surface area contributed by atoms with Crippen molar-refractivity contribution in [2.24, 2.45) is 4.99 Å². The number of benzene rings is 3. The van der Waals surface area contributed by atoms with E-state index in [9.17, 15) is 19.5 Å². The minimum atomic E-state index is -1.42. The molecule has 1 aliphatic rings. The molecule has 194 valence electrons. The SMILES string of the molecule is O=C(O[C@@H]1[C@@H](OC(=O)c2ccccc2)[C@H](N=C=S)O[C@H](CO)[C@H]1OC(=O)c1ccccc1)c1ccccc1. The highest BCUT2D eigenvalue weighted by atomic mass is 32.1. The van der Waals surface area contributed by atoms with Gasteiger partial charge in [0.1, 0.15) is 6.10 Å². The van der Waals surface area contributed by atoms with Gasteiger partial charge in [0.25, 0.3) is 0 Å². The predicted octanol–water partition coefficient (Wildman–Crippen LogP) is 3.48. The van der Waals surface area contributed by atoms with Crippen molar-refractivity contribution in [1.29, 1.82) is 0 Å². The van der Waals surface area contributed by atoms with Crippen molar-refractivity contribution in [2.75, 3.05) is 6.61 Å². The number of carbonyl (C=O) groups excluding carboxylic acids is 3. The second-order valence-electron chi connectivity index (χ2n) is 8.18. The second-order valence-corrected chi connectivity index (χ2v) is 8.36. The van der Waals surface area contributed by atoms with Crippen LogP contribution in [0.1, 0.15) is 31.1 Å². The van der Waals surface area contributed by atoms with Crippen LogP contribution in [0.25, 0.3) is 0 Å². The van der Waals surface area contributed by atoms with E-state index in [1.54, 1.807) is 54.6 Å². The van der Waals surface area contributed by atoms with E-state index in [4.69, 9.17) is 31.2 Å². The van der Waals surface area contributed by atoms with Crippen LogP contribution in [0.5, 0.6) is 0 Å². The van der Waals surface area contributed by atoms with Crippen LogP contribution >= 0.6 is 12.2 Å². The van der Waals surface area contributed by atoms with Crippen LogP contribution in [-0.4, -0.2) is 65.4 Å². The van der Waals surface area contributed by atoms with Gasteiger partial charge in [0.2, 0.25) is 0 Å². The highest BCUT2D eigenvalue weighted by Gasteiger charge is 2.52. The van der Waals surface area contributed by atoms with E-state index in [1.807, 2.05) is 0 Å². The molecule has 0 aromatic heterocycles. The maximum absolute atomic E-state index is 13.1. The first-order valence-electron chi connectivity index (χ1n) is 11.6. The highest BCUT2D eigenvalue weighted by molar-refractivity contribution is 7.78. The Hall–Kier alpha value is -4.21. The summed E-state index contributed by atoms with van der Waals surface area (Å²) in [7, 11) is 0. The maximum atomic E-state index is 13.1. The Morgan fingerprint density at radius 2 is 1.11 bits per heavy atom. The molecule has 0 saturated carbocycles. The number of isothiocyanates is 1. The Labute approximate surface area is 223 Å². The minimum Gasteiger partial charge on any atom is -0.452 e. The topological polar surface area (TPSA) is 121 Å². The van der Waals surface area contributed by atoms with Gasteiger partial charge in [0.05, 0.1) is 28.5 Å². The van der Waals surface area contributed by atoms with Gasteiger partial charge in [-0.05, 0) is 48.6 Å². The average molecular weight is 534 g/mol. The Kier molecular flexibility index (Phi) is 9.07. The van der Waals surface area contributed by atoms with Crippen molar-refractivity contribution in [1.82, 2.24) is 0 Å². The quantitative estimate of drug-likeness (QED) is 0.201. The van der Waals surface area contributed by atoms with Gasteiger partial charge < -0.3 is 24.1 Å². The molecule has 1 aliphatic heterocycles. The van der Waals surface area contributed by atoms with Crippen LogP contribution in [0.4, 0.5) is 0 Å². The lowest BCUT2D eigenvalue weighted by molar-refractivity contribution is -0.226. The summed E-state index contributed by atoms with van der Waals surface area (Å²) in [5, 5.41) is 12.3. The van der Waals surface area contributed by atoms with Crippen LogP contribution in [0.15, 0.2) is 96.0 Å². The second kappa shape index (κ2) is 12.8. The van der Waals surface area contributed by atoms with E-state index < -0.39 is 55.2 Å². The number of ether oxygens (including phenoxy) is 4. The van der Waals surface area contributed by atoms with Crippen LogP contribution < -0.4 is 0 Å². The molecule has 4 rings (SSSR count). The third kappa shape index (κ3) is 6.37. The van der Waals surface area contributed by atoms with E-state index in [1.165, 1.54) is 36.4 Å². The van der Waals surface area contributed by atoms with Crippen LogP contribution in [0, 0.1) is 0 Å². The molecular weight excluding hydrogens is 510 g/mol. The highest BCUT2D eigenvalue weighted by Crippen LogP contribution is 2.31.